The number of aromatic carboxylic acids is 1. The zero-order chi connectivity index (χ0) is 15.9. The summed E-state index contributed by atoms with van der Waals surface area (Å²) >= 11 is 0. The quantitative estimate of drug-likeness (QED) is 0.586. The summed E-state index contributed by atoms with van der Waals surface area (Å²) in [5, 5.41) is 24.5. The third-order valence-corrected chi connectivity index (χ3v) is 3.29. The number of nitro benzene ring substituents is 1. The minimum Gasteiger partial charge on any atom is -0.476 e. The van der Waals surface area contributed by atoms with Gasteiger partial charge in [0.05, 0.1) is 10.3 Å². The maximum absolute atomic E-state index is 11.4. The number of nitrogens with zero attached hydrogens (tertiary/aromatic N) is 4. The van der Waals surface area contributed by atoms with Crippen LogP contribution in [0.5, 0.6) is 0 Å². The summed E-state index contributed by atoms with van der Waals surface area (Å²) in [5.41, 5.74) is 1.29. The number of carbonyl (C=O) groups is 1. The average Bonchev–Trinajstić information content (AvgIpc) is 2.85. The molecule has 0 aliphatic rings. The van der Waals surface area contributed by atoms with Crippen LogP contribution in [0.4, 0.5) is 5.69 Å². The highest BCUT2D eigenvalue weighted by molar-refractivity contribution is 6.06. The number of pyridine rings is 1. The Bertz CT molecular complexity index is 916. The van der Waals surface area contributed by atoms with Gasteiger partial charge in [0.2, 0.25) is 0 Å². The molecule has 0 amide bonds. The number of hydrogen-bond donors (Lipinski definition) is 1. The van der Waals surface area contributed by atoms with Crippen LogP contribution in [-0.2, 0) is 7.05 Å². The topological polar surface area (TPSA) is 111 Å². The molecule has 0 aliphatic heterocycles. The fourth-order valence-corrected chi connectivity index (χ4v) is 2.35. The Morgan fingerprint density at radius 3 is 2.82 bits per heavy atom. The van der Waals surface area contributed by atoms with E-state index in [2.05, 4.69) is 10.1 Å². The molecule has 0 radical (unpaired) electrons. The lowest BCUT2D eigenvalue weighted by Gasteiger charge is -2.04. The largest absolute Gasteiger partial charge is 0.476 e. The number of nitro groups is 1. The third kappa shape index (κ3) is 2.06. The monoisotopic (exact) mass is 298 g/mol. The number of rotatable bonds is 3. The second-order valence-corrected chi connectivity index (χ2v) is 4.64. The Morgan fingerprint density at radius 1 is 1.36 bits per heavy atom. The third-order valence-electron chi connectivity index (χ3n) is 3.29. The van der Waals surface area contributed by atoms with E-state index in [-0.39, 0.29) is 11.4 Å². The number of fused-ring (bicyclic) bond motifs is 1. The Balaban J connectivity index is 2.34. The van der Waals surface area contributed by atoms with E-state index in [4.69, 9.17) is 0 Å². The van der Waals surface area contributed by atoms with Gasteiger partial charge < -0.3 is 5.11 Å². The summed E-state index contributed by atoms with van der Waals surface area (Å²) in [4.78, 5) is 25.9. The van der Waals surface area contributed by atoms with Crippen molar-refractivity contribution in [2.45, 2.75) is 0 Å². The minimum atomic E-state index is -1.18. The Kier molecular flexibility index (Phi) is 3.06. The van der Waals surface area contributed by atoms with Gasteiger partial charge in [0.15, 0.2) is 11.3 Å². The van der Waals surface area contributed by atoms with Crippen LogP contribution in [0, 0.1) is 10.1 Å². The molecule has 2 heterocycles. The highest BCUT2D eigenvalue weighted by Gasteiger charge is 2.20. The first kappa shape index (κ1) is 13.7. The fraction of sp³-hybridized carbons (Fsp3) is 0.0714. The Morgan fingerprint density at radius 2 is 2.14 bits per heavy atom. The van der Waals surface area contributed by atoms with Crippen molar-refractivity contribution in [3.8, 4) is 11.1 Å². The average molecular weight is 298 g/mol. The molecule has 1 aromatic carbocycles. The van der Waals surface area contributed by atoms with Gasteiger partial charge in [-0.15, -0.1) is 0 Å². The van der Waals surface area contributed by atoms with Crippen LogP contribution in [-0.4, -0.2) is 30.8 Å². The zero-order valence-corrected chi connectivity index (χ0v) is 11.4. The minimum absolute atomic E-state index is 0.0665. The van der Waals surface area contributed by atoms with Gasteiger partial charge in [0.25, 0.3) is 5.69 Å². The first-order chi connectivity index (χ1) is 10.5. The second kappa shape index (κ2) is 4.92. The van der Waals surface area contributed by atoms with E-state index in [9.17, 15) is 20.0 Å². The molecule has 1 N–H and O–H groups in total. The molecule has 0 spiro atoms. The van der Waals surface area contributed by atoms with Crippen molar-refractivity contribution >= 4 is 22.7 Å². The molecule has 0 unspecified atom stereocenters. The van der Waals surface area contributed by atoms with Crippen molar-refractivity contribution in [3.63, 3.8) is 0 Å². The van der Waals surface area contributed by atoms with Crippen molar-refractivity contribution in [2.75, 3.05) is 0 Å². The van der Waals surface area contributed by atoms with Gasteiger partial charge >= 0.3 is 5.97 Å². The van der Waals surface area contributed by atoms with E-state index < -0.39 is 10.9 Å². The van der Waals surface area contributed by atoms with Crippen molar-refractivity contribution in [1.82, 2.24) is 14.8 Å². The maximum Gasteiger partial charge on any atom is 0.357 e. The summed E-state index contributed by atoms with van der Waals surface area (Å²) < 4.78 is 1.37. The van der Waals surface area contributed by atoms with Crippen molar-refractivity contribution in [1.29, 1.82) is 0 Å². The van der Waals surface area contributed by atoms with Crippen LogP contribution in [0.25, 0.3) is 22.2 Å². The zero-order valence-electron chi connectivity index (χ0n) is 11.4. The molecule has 0 saturated carbocycles. The molecule has 2 aromatic heterocycles. The van der Waals surface area contributed by atoms with Gasteiger partial charge in [-0.1, -0.05) is 12.1 Å². The van der Waals surface area contributed by atoms with Crippen LogP contribution in [0.1, 0.15) is 10.5 Å². The SMILES string of the molecule is Cn1nc(C(=O)O)c2c(-c3cccc([N+](=O)[O-])c3)ccnc21. The molecule has 8 nitrogen and oxygen atoms in total. The van der Waals surface area contributed by atoms with Crippen LogP contribution in [0.3, 0.4) is 0 Å². The Labute approximate surface area is 123 Å². The highest BCUT2D eigenvalue weighted by atomic mass is 16.6. The van der Waals surface area contributed by atoms with Crippen LogP contribution in [0.2, 0.25) is 0 Å². The first-order valence-corrected chi connectivity index (χ1v) is 6.29. The highest BCUT2D eigenvalue weighted by Crippen LogP contribution is 2.31. The van der Waals surface area contributed by atoms with Crippen molar-refractivity contribution in [2.24, 2.45) is 7.05 Å². The lowest BCUT2D eigenvalue weighted by molar-refractivity contribution is -0.384. The number of hydrogen-bond acceptors (Lipinski definition) is 5. The van der Waals surface area contributed by atoms with Gasteiger partial charge in [-0.2, -0.15) is 5.10 Å². The summed E-state index contributed by atoms with van der Waals surface area (Å²) in [6, 6.07) is 7.63. The fourth-order valence-electron chi connectivity index (χ4n) is 2.35. The molecule has 0 bridgehead atoms. The van der Waals surface area contributed by atoms with Crippen LogP contribution < -0.4 is 0 Å². The number of carboxylic acid groups (broad SMARTS) is 1. The maximum atomic E-state index is 11.4. The van der Waals surface area contributed by atoms with E-state index in [1.54, 1.807) is 25.2 Å². The number of aromatic nitrogens is 3. The van der Waals surface area contributed by atoms with Gasteiger partial charge in [-0.25, -0.2) is 14.5 Å². The molecular weight excluding hydrogens is 288 g/mol. The van der Waals surface area contributed by atoms with E-state index in [0.29, 0.717) is 22.2 Å². The Hall–Kier alpha value is -3.29. The van der Waals surface area contributed by atoms with E-state index in [1.807, 2.05) is 0 Å². The summed E-state index contributed by atoms with van der Waals surface area (Å²) in [5.74, 6) is -1.18. The predicted octanol–water partition coefficient (Wildman–Crippen LogP) is 2.24. The van der Waals surface area contributed by atoms with Crippen LogP contribution >= 0.6 is 0 Å². The first-order valence-electron chi connectivity index (χ1n) is 6.29. The molecule has 0 aliphatic carbocycles. The summed E-state index contributed by atoms with van der Waals surface area (Å²) in [6.45, 7) is 0. The normalized spacial score (nSPS) is 10.8. The second-order valence-electron chi connectivity index (χ2n) is 4.64. The molecule has 0 saturated heterocycles. The smallest absolute Gasteiger partial charge is 0.357 e. The van der Waals surface area contributed by atoms with Gasteiger partial charge in [0, 0.05) is 25.4 Å². The van der Waals surface area contributed by atoms with Gasteiger partial charge in [-0.05, 0) is 17.2 Å². The lowest BCUT2D eigenvalue weighted by Crippen LogP contribution is -1.99. The number of benzene rings is 1. The molecule has 3 aromatic rings. The van der Waals surface area contributed by atoms with E-state index in [1.165, 1.54) is 23.0 Å². The van der Waals surface area contributed by atoms with E-state index >= 15 is 0 Å². The van der Waals surface area contributed by atoms with Crippen molar-refractivity contribution < 1.29 is 14.8 Å². The standard InChI is InChI=1S/C14H10N4O4/c1-17-13-11(12(16-17)14(19)20)10(5-6-15-13)8-3-2-4-9(7-8)18(21)22/h2-7H,1H3,(H,19,20). The summed E-state index contributed by atoms with van der Waals surface area (Å²) in [7, 11) is 1.60. The predicted molar refractivity (Wildman–Crippen MR) is 77.6 cm³/mol. The van der Waals surface area contributed by atoms with E-state index in [0.717, 1.165) is 0 Å². The van der Waals surface area contributed by atoms with Gasteiger partial charge in [0.1, 0.15) is 0 Å². The van der Waals surface area contributed by atoms with Crippen molar-refractivity contribution in [3.05, 3.63) is 52.3 Å². The number of aryl methyl sites for hydroxylation is 1. The molecule has 8 heteroatoms. The molecule has 110 valence electrons. The molecule has 22 heavy (non-hydrogen) atoms. The molecule has 3 rings (SSSR count). The number of non-ortho nitro benzene ring substituents is 1. The lowest BCUT2D eigenvalue weighted by atomic mass is 10.0. The molecule has 0 fully saturated rings. The summed E-state index contributed by atoms with van der Waals surface area (Å²) in [6.07, 6.45) is 1.52. The van der Waals surface area contributed by atoms with Gasteiger partial charge in [-0.3, -0.25) is 10.1 Å². The number of carboxylic acids is 1. The van der Waals surface area contributed by atoms with Crippen LogP contribution in [0.15, 0.2) is 36.5 Å². The molecule has 0 atom stereocenters. The molecular formula is C14H10N4O4.